The first kappa shape index (κ1) is 12.2. The highest BCUT2D eigenvalue weighted by atomic mass is 16.2. The summed E-state index contributed by atoms with van der Waals surface area (Å²) in [4.78, 5) is 37.8. The third-order valence-corrected chi connectivity index (χ3v) is 4.20. The smallest absolute Gasteiger partial charge is 0.325 e. The number of imide groups is 1. The van der Waals surface area contributed by atoms with Crippen LogP contribution in [0.15, 0.2) is 12.2 Å². The first-order valence-corrected chi connectivity index (χ1v) is 6.66. The van der Waals surface area contributed by atoms with Crippen molar-refractivity contribution in [1.29, 1.82) is 0 Å². The number of fused-ring (bicyclic) bond motifs is 1. The Morgan fingerprint density at radius 1 is 1.21 bits per heavy atom. The Balaban J connectivity index is 1.60. The Morgan fingerprint density at radius 3 is 2.37 bits per heavy atom. The highest BCUT2D eigenvalue weighted by molar-refractivity contribution is 6.04. The zero-order valence-electron chi connectivity index (χ0n) is 10.7. The number of hydrogen-bond acceptors (Lipinski definition) is 3. The van der Waals surface area contributed by atoms with Gasteiger partial charge < -0.3 is 10.2 Å². The van der Waals surface area contributed by atoms with E-state index in [0.717, 1.165) is 30.8 Å². The molecule has 1 aliphatic carbocycles. The van der Waals surface area contributed by atoms with Gasteiger partial charge in [-0.15, -0.1) is 0 Å². The predicted molar refractivity (Wildman–Crippen MR) is 67.0 cm³/mol. The Hall–Kier alpha value is -1.85. The minimum Gasteiger partial charge on any atom is -0.341 e. The van der Waals surface area contributed by atoms with Crippen LogP contribution in [0, 0.1) is 11.8 Å². The average molecular weight is 263 g/mol. The number of urea groups is 1. The van der Waals surface area contributed by atoms with Crippen molar-refractivity contribution < 1.29 is 14.4 Å². The predicted octanol–water partition coefficient (Wildman–Crippen LogP) is -0.0372. The van der Waals surface area contributed by atoms with Gasteiger partial charge in [0.05, 0.1) is 6.54 Å². The van der Waals surface area contributed by atoms with Crippen molar-refractivity contribution in [2.45, 2.75) is 12.8 Å². The second-order valence-electron chi connectivity index (χ2n) is 5.40. The van der Waals surface area contributed by atoms with Gasteiger partial charge in [0.1, 0.15) is 6.54 Å². The molecule has 2 heterocycles. The van der Waals surface area contributed by atoms with Crippen LogP contribution in [0.2, 0.25) is 0 Å². The van der Waals surface area contributed by atoms with E-state index < -0.39 is 6.03 Å². The third kappa shape index (κ3) is 2.22. The molecule has 6 nitrogen and oxygen atoms in total. The standard InChI is InChI=1S/C13H17N3O3/c17-11-5-14-13(19)16(11)8-12(18)15-6-9-3-1-2-4-10(9)7-15/h1-2,9-10H,3-8H2,(H,14,19)/t9-,10+. The molecule has 2 atom stereocenters. The third-order valence-electron chi connectivity index (χ3n) is 4.20. The molecule has 0 saturated carbocycles. The number of likely N-dealkylation sites (tertiary alicyclic amines) is 1. The van der Waals surface area contributed by atoms with Crippen LogP contribution in [0.1, 0.15) is 12.8 Å². The molecule has 6 heteroatoms. The van der Waals surface area contributed by atoms with Crippen molar-refractivity contribution in [2.75, 3.05) is 26.2 Å². The van der Waals surface area contributed by atoms with Gasteiger partial charge in [0.2, 0.25) is 5.91 Å². The van der Waals surface area contributed by atoms with Crippen molar-refractivity contribution in [2.24, 2.45) is 11.8 Å². The molecule has 3 aliphatic rings. The van der Waals surface area contributed by atoms with Gasteiger partial charge in [-0.2, -0.15) is 0 Å². The molecular weight excluding hydrogens is 246 g/mol. The molecule has 19 heavy (non-hydrogen) atoms. The Labute approximate surface area is 111 Å². The molecule has 0 unspecified atom stereocenters. The summed E-state index contributed by atoms with van der Waals surface area (Å²) in [6, 6.07) is -0.461. The summed E-state index contributed by atoms with van der Waals surface area (Å²) in [5.74, 6) is 0.630. The van der Waals surface area contributed by atoms with Crippen molar-refractivity contribution in [3.8, 4) is 0 Å². The average Bonchev–Trinajstić information content (AvgIpc) is 2.97. The quantitative estimate of drug-likeness (QED) is 0.561. The van der Waals surface area contributed by atoms with Crippen molar-refractivity contribution >= 4 is 17.8 Å². The first-order valence-electron chi connectivity index (χ1n) is 6.66. The first-order chi connectivity index (χ1) is 9.15. The van der Waals surface area contributed by atoms with Crippen molar-refractivity contribution in [1.82, 2.24) is 15.1 Å². The number of hydrogen-bond donors (Lipinski definition) is 1. The van der Waals surface area contributed by atoms with E-state index >= 15 is 0 Å². The van der Waals surface area contributed by atoms with Crippen LogP contribution in [0.3, 0.4) is 0 Å². The van der Waals surface area contributed by atoms with Gasteiger partial charge in [0.25, 0.3) is 5.91 Å². The molecule has 0 radical (unpaired) electrons. The zero-order valence-corrected chi connectivity index (χ0v) is 10.7. The molecule has 102 valence electrons. The molecule has 2 saturated heterocycles. The van der Waals surface area contributed by atoms with Crippen LogP contribution in [-0.4, -0.2) is 53.8 Å². The molecule has 3 rings (SSSR count). The van der Waals surface area contributed by atoms with E-state index in [1.165, 1.54) is 0 Å². The Kier molecular flexibility index (Phi) is 3.00. The highest BCUT2D eigenvalue weighted by Crippen LogP contribution is 2.32. The zero-order chi connectivity index (χ0) is 13.4. The second kappa shape index (κ2) is 4.68. The van der Waals surface area contributed by atoms with E-state index in [9.17, 15) is 14.4 Å². The molecule has 1 N–H and O–H groups in total. The molecule has 0 bridgehead atoms. The molecule has 4 amide bonds. The fourth-order valence-corrected chi connectivity index (χ4v) is 3.07. The number of carbonyl (C=O) groups excluding carboxylic acids is 3. The Morgan fingerprint density at radius 2 is 1.84 bits per heavy atom. The molecular formula is C13H17N3O3. The van der Waals surface area contributed by atoms with Crippen LogP contribution in [0.4, 0.5) is 4.79 Å². The number of nitrogens with one attached hydrogen (secondary N) is 1. The normalized spacial score (nSPS) is 29.7. The largest absolute Gasteiger partial charge is 0.341 e. The second-order valence-corrected chi connectivity index (χ2v) is 5.40. The molecule has 2 aliphatic heterocycles. The fourth-order valence-electron chi connectivity index (χ4n) is 3.07. The van der Waals surface area contributed by atoms with E-state index in [-0.39, 0.29) is 24.9 Å². The van der Waals surface area contributed by atoms with Crippen molar-refractivity contribution in [3.05, 3.63) is 12.2 Å². The van der Waals surface area contributed by atoms with Crippen LogP contribution in [0.25, 0.3) is 0 Å². The lowest BCUT2D eigenvalue weighted by Crippen LogP contribution is -2.42. The van der Waals surface area contributed by atoms with E-state index in [2.05, 4.69) is 17.5 Å². The fraction of sp³-hybridized carbons (Fsp3) is 0.615. The van der Waals surface area contributed by atoms with Gasteiger partial charge in [0, 0.05) is 13.1 Å². The summed E-state index contributed by atoms with van der Waals surface area (Å²) < 4.78 is 0. The van der Waals surface area contributed by atoms with Crippen LogP contribution in [0.5, 0.6) is 0 Å². The van der Waals surface area contributed by atoms with Crippen molar-refractivity contribution in [3.63, 3.8) is 0 Å². The lowest BCUT2D eigenvalue weighted by Gasteiger charge is -2.19. The summed E-state index contributed by atoms with van der Waals surface area (Å²) in [5, 5.41) is 2.42. The van der Waals surface area contributed by atoms with E-state index in [4.69, 9.17) is 0 Å². The maximum atomic E-state index is 12.2. The number of nitrogens with zero attached hydrogens (tertiary/aromatic N) is 2. The number of allylic oxidation sites excluding steroid dienone is 2. The molecule has 0 aromatic carbocycles. The van der Waals surface area contributed by atoms with Gasteiger partial charge in [-0.05, 0) is 24.7 Å². The van der Waals surface area contributed by atoms with Crippen LogP contribution >= 0.6 is 0 Å². The molecule has 0 spiro atoms. The van der Waals surface area contributed by atoms with Gasteiger partial charge in [-0.1, -0.05) is 12.2 Å². The van der Waals surface area contributed by atoms with Crippen LogP contribution in [-0.2, 0) is 9.59 Å². The SMILES string of the molecule is O=C(CN1C(=O)CNC1=O)N1C[C@H]2CC=CC[C@H]2C1. The van der Waals surface area contributed by atoms with E-state index in [1.807, 2.05) is 0 Å². The maximum Gasteiger partial charge on any atom is 0.325 e. The summed E-state index contributed by atoms with van der Waals surface area (Å²) >= 11 is 0. The minimum absolute atomic E-state index is 0.00127. The number of amides is 4. The van der Waals surface area contributed by atoms with Gasteiger partial charge in [-0.3, -0.25) is 14.5 Å². The summed E-state index contributed by atoms with van der Waals surface area (Å²) in [7, 11) is 0. The minimum atomic E-state index is -0.461. The lowest BCUT2D eigenvalue weighted by atomic mass is 9.86. The maximum absolute atomic E-state index is 12.2. The molecule has 0 aromatic rings. The molecule has 0 aromatic heterocycles. The van der Waals surface area contributed by atoms with E-state index in [0.29, 0.717) is 11.8 Å². The summed E-state index contributed by atoms with van der Waals surface area (Å²) in [6.45, 7) is 1.37. The monoisotopic (exact) mass is 263 g/mol. The van der Waals surface area contributed by atoms with Gasteiger partial charge >= 0.3 is 6.03 Å². The lowest BCUT2D eigenvalue weighted by molar-refractivity contribution is -0.135. The van der Waals surface area contributed by atoms with Gasteiger partial charge in [-0.25, -0.2) is 4.79 Å². The van der Waals surface area contributed by atoms with E-state index in [1.54, 1.807) is 4.90 Å². The number of rotatable bonds is 2. The molecule has 2 fully saturated rings. The summed E-state index contributed by atoms with van der Waals surface area (Å²) in [5.41, 5.74) is 0. The summed E-state index contributed by atoms with van der Waals surface area (Å²) in [6.07, 6.45) is 6.40. The van der Waals surface area contributed by atoms with Crippen LogP contribution < -0.4 is 5.32 Å². The van der Waals surface area contributed by atoms with Gasteiger partial charge in [0.15, 0.2) is 0 Å². The Bertz CT molecular complexity index is 428. The highest BCUT2D eigenvalue weighted by Gasteiger charge is 2.37. The topological polar surface area (TPSA) is 69.7 Å². The number of carbonyl (C=O) groups is 3.